The average Bonchev–Trinajstić information content (AvgIpc) is 2.57. The SMILES string of the molecule is CCCC(Cl)C(=O)OCCCCC(CC)COC(=O)C(Cl)CCC. The van der Waals surface area contributed by atoms with Crippen molar-refractivity contribution in [1.82, 2.24) is 0 Å². The molecule has 0 saturated heterocycles. The van der Waals surface area contributed by atoms with E-state index < -0.39 is 10.8 Å². The van der Waals surface area contributed by atoms with Gasteiger partial charge < -0.3 is 9.47 Å². The van der Waals surface area contributed by atoms with Crippen LogP contribution in [0.4, 0.5) is 0 Å². The molecule has 0 N–H and O–H groups in total. The van der Waals surface area contributed by atoms with Crippen LogP contribution in [0.1, 0.15) is 72.1 Å². The van der Waals surface area contributed by atoms with Crippen LogP contribution in [-0.2, 0) is 19.1 Å². The van der Waals surface area contributed by atoms with E-state index in [1.165, 1.54) is 0 Å². The summed E-state index contributed by atoms with van der Waals surface area (Å²) in [5.74, 6) is -0.338. The minimum atomic E-state index is -0.543. The van der Waals surface area contributed by atoms with E-state index in [2.05, 4.69) is 6.92 Å². The first kappa shape index (κ1) is 23.5. The van der Waals surface area contributed by atoms with Crippen LogP contribution in [0.5, 0.6) is 0 Å². The smallest absolute Gasteiger partial charge is 0.324 e. The normalized spacial score (nSPS) is 14.7. The number of carbonyl (C=O) groups excluding carboxylic acids is 2. The number of unbranched alkanes of at least 4 members (excludes halogenated alkanes) is 1. The van der Waals surface area contributed by atoms with Crippen LogP contribution >= 0.6 is 23.2 Å². The lowest BCUT2D eigenvalue weighted by molar-refractivity contribution is -0.145. The molecule has 0 aromatic carbocycles. The Hall–Kier alpha value is -0.480. The maximum atomic E-state index is 11.7. The van der Waals surface area contributed by atoms with Crippen LogP contribution in [-0.4, -0.2) is 35.9 Å². The Morgan fingerprint density at radius 2 is 1.38 bits per heavy atom. The number of halogens is 2. The summed E-state index contributed by atoms with van der Waals surface area (Å²) in [6.45, 7) is 6.84. The van der Waals surface area contributed by atoms with Crippen LogP contribution in [0.15, 0.2) is 0 Å². The first-order valence-electron chi connectivity index (χ1n) is 9.07. The van der Waals surface area contributed by atoms with Gasteiger partial charge in [0.25, 0.3) is 0 Å². The van der Waals surface area contributed by atoms with E-state index in [0.29, 0.717) is 32.0 Å². The Kier molecular flexibility index (Phi) is 14.5. The van der Waals surface area contributed by atoms with Gasteiger partial charge in [0.15, 0.2) is 0 Å². The number of rotatable bonds is 14. The second-order valence-electron chi connectivity index (χ2n) is 6.08. The monoisotopic (exact) mass is 382 g/mol. The quantitative estimate of drug-likeness (QED) is 0.238. The summed E-state index contributed by atoms with van der Waals surface area (Å²) in [4.78, 5) is 23.3. The maximum Gasteiger partial charge on any atom is 0.324 e. The first-order chi connectivity index (χ1) is 11.5. The molecule has 0 bridgehead atoms. The highest BCUT2D eigenvalue weighted by Crippen LogP contribution is 2.15. The molecule has 0 saturated carbocycles. The third kappa shape index (κ3) is 11.1. The molecular formula is C18H32Cl2O4. The zero-order valence-corrected chi connectivity index (χ0v) is 16.7. The van der Waals surface area contributed by atoms with Gasteiger partial charge >= 0.3 is 11.9 Å². The van der Waals surface area contributed by atoms with Crippen LogP contribution < -0.4 is 0 Å². The van der Waals surface area contributed by atoms with Crippen molar-refractivity contribution in [2.24, 2.45) is 5.92 Å². The Labute approximate surface area is 156 Å². The van der Waals surface area contributed by atoms with E-state index in [9.17, 15) is 9.59 Å². The average molecular weight is 383 g/mol. The molecule has 6 heteroatoms. The van der Waals surface area contributed by atoms with Gasteiger partial charge in [-0.1, -0.05) is 40.0 Å². The zero-order valence-electron chi connectivity index (χ0n) is 15.2. The fourth-order valence-corrected chi connectivity index (χ4v) is 2.80. The number of ether oxygens (including phenoxy) is 2. The summed E-state index contributed by atoms with van der Waals surface area (Å²) < 4.78 is 10.4. The molecule has 0 heterocycles. The second-order valence-corrected chi connectivity index (χ2v) is 7.13. The van der Waals surface area contributed by atoms with Crippen molar-refractivity contribution in [3.8, 4) is 0 Å². The number of hydrogen-bond acceptors (Lipinski definition) is 4. The van der Waals surface area contributed by atoms with Crippen molar-refractivity contribution in [1.29, 1.82) is 0 Å². The number of carbonyl (C=O) groups is 2. The highest BCUT2D eigenvalue weighted by molar-refractivity contribution is 6.30. The third-order valence-corrected chi connectivity index (χ3v) is 4.68. The standard InChI is InChI=1S/C18H32Cl2O4/c1-4-9-15(19)17(21)23-12-8-7-11-14(6-3)13-24-18(22)16(20)10-5-2/h14-16H,4-13H2,1-3H3. The molecule has 0 aromatic heterocycles. The summed E-state index contributed by atoms with van der Waals surface area (Å²) in [6.07, 6.45) is 6.59. The molecule has 24 heavy (non-hydrogen) atoms. The number of hydrogen-bond donors (Lipinski definition) is 0. The predicted molar refractivity (Wildman–Crippen MR) is 98.6 cm³/mol. The fraction of sp³-hybridized carbons (Fsp3) is 0.889. The molecule has 0 amide bonds. The summed E-state index contributed by atoms with van der Waals surface area (Å²) in [7, 11) is 0. The van der Waals surface area contributed by atoms with Crippen molar-refractivity contribution < 1.29 is 19.1 Å². The van der Waals surface area contributed by atoms with E-state index in [4.69, 9.17) is 32.7 Å². The topological polar surface area (TPSA) is 52.6 Å². The molecule has 0 fully saturated rings. The molecule has 0 aliphatic heterocycles. The van der Waals surface area contributed by atoms with Crippen LogP contribution in [0.3, 0.4) is 0 Å². The van der Waals surface area contributed by atoms with Gasteiger partial charge in [0.2, 0.25) is 0 Å². The van der Waals surface area contributed by atoms with Gasteiger partial charge in [0.05, 0.1) is 13.2 Å². The minimum Gasteiger partial charge on any atom is -0.465 e. The van der Waals surface area contributed by atoms with Crippen molar-refractivity contribution in [2.45, 2.75) is 82.9 Å². The predicted octanol–water partition coefficient (Wildman–Crippen LogP) is 5.08. The lowest BCUT2D eigenvalue weighted by atomic mass is 10.0. The lowest BCUT2D eigenvalue weighted by Crippen LogP contribution is -2.21. The Morgan fingerprint density at radius 3 is 1.88 bits per heavy atom. The van der Waals surface area contributed by atoms with Gasteiger partial charge in [-0.25, -0.2) is 0 Å². The molecule has 0 rings (SSSR count). The second kappa shape index (κ2) is 14.8. The van der Waals surface area contributed by atoms with E-state index in [1.807, 2.05) is 13.8 Å². The van der Waals surface area contributed by atoms with Gasteiger partial charge in [0, 0.05) is 0 Å². The van der Waals surface area contributed by atoms with Gasteiger partial charge in [-0.05, 0) is 38.0 Å². The van der Waals surface area contributed by atoms with Crippen LogP contribution in [0.2, 0.25) is 0 Å². The Balaban J connectivity index is 3.83. The third-order valence-electron chi connectivity index (χ3n) is 3.89. The summed E-state index contributed by atoms with van der Waals surface area (Å²) in [6, 6.07) is 0. The summed E-state index contributed by atoms with van der Waals surface area (Å²) >= 11 is 11.8. The summed E-state index contributed by atoms with van der Waals surface area (Å²) in [5.41, 5.74) is 0. The number of esters is 2. The van der Waals surface area contributed by atoms with E-state index >= 15 is 0 Å². The zero-order chi connectivity index (χ0) is 18.4. The minimum absolute atomic E-state index is 0.316. The Morgan fingerprint density at radius 1 is 0.833 bits per heavy atom. The van der Waals surface area contributed by atoms with Gasteiger partial charge in [0.1, 0.15) is 10.8 Å². The molecule has 3 atom stereocenters. The van der Waals surface area contributed by atoms with Crippen molar-refractivity contribution >= 4 is 35.1 Å². The van der Waals surface area contributed by atoms with E-state index in [1.54, 1.807) is 0 Å². The molecule has 4 nitrogen and oxygen atoms in total. The van der Waals surface area contributed by atoms with Crippen LogP contribution in [0, 0.1) is 5.92 Å². The molecule has 0 aliphatic rings. The highest BCUT2D eigenvalue weighted by atomic mass is 35.5. The first-order valence-corrected chi connectivity index (χ1v) is 9.94. The largest absolute Gasteiger partial charge is 0.465 e. The molecule has 0 radical (unpaired) electrons. The van der Waals surface area contributed by atoms with E-state index in [0.717, 1.165) is 38.5 Å². The van der Waals surface area contributed by atoms with Crippen molar-refractivity contribution in [3.63, 3.8) is 0 Å². The molecule has 3 unspecified atom stereocenters. The molecular weight excluding hydrogens is 351 g/mol. The fourth-order valence-electron chi connectivity index (χ4n) is 2.24. The van der Waals surface area contributed by atoms with Crippen LogP contribution in [0.25, 0.3) is 0 Å². The Bertz CT molecular complexity index is 350. The van der Waals surface area contributed by atoms with E-state index in [-0.39, 0.29) is 11.9 Å². The lowest BCUT2D eigenvalue weighted by Gasteiger charge is -2.16. The summed E-state index contributed by atoms with van der Waals surface area (Å²) in [5, 5.41) is -1.08. The van der Waals surface area contributed by atoms with Crippen molar-refractivity contribution in [3.05, 3.63) is 0 Å². The number of alkyl halides is 2. The van der Waals surface area contributed by atoms with Gasteiger partial charge in [-0.2, -0.15) is 0 Å². The van der Waals surface area contributed by atoms with Crippen molar-refractivity contribution in [2.75, 3.05) is 13.2 Å². The molecule has 0 aliphatic carbocycles. The maximum absolute atomic E-state index is 11.7. The molecule has 0 spiro atoms. The molecule has 0 aromatic rings. The van der Waals surface area contributed by atoms with Gasteiger partial charge in [-0.15, -0.1) is 23.2 Å². The van der Waals surface area contributed by atoms with Gasteiger partial charge in [-0.3, -0.25) is 9.59 Å². The molecule has 142 valence electrons. The highest BCUT2D eigenvalue weighted by Gasteiger charge is 2.18.